The van der Waals surface area contributed by atoms with E-state index in [2.05, 4.69) is 4.72 Å². The molecule has 124 valence electrons. The molecule has 0 unspecified atom stereocenters. The smallest absolute Gasteiger partial charge is 0.262 e. The van der Waals surface area contributed by atoms with Crippen LogP contribution in [-0.4, -0.2) is 8.42 Å². The maximum Gasteiger partial charge on any atom is 0.262 e. The van der Waals surface area contributed by atoms with Gasteiger partial charge in [0.2, 0.25) is 0 Å². The van der Waals surface area contributed by atoms with Crippen molar-refractivity contribution in [3.63, 3.8) is 0 Å². The van der Waals surface area contributed by atoms with Gasteiger partial charge < -0.3 is 0 Å². The number of hydrogen-bond acceptors (Lipinski definition) is 2. The maximum absolute atomic E-state index is 13.9. The fraction of sp³-hybridized carbons (Fsp3) is 0.333. The summed E-state index contributed by atoms with van der Waals surface area (Å²) >= 11 is 0. The number of sulfonamides is 1. The molecule has 3 nitrogen and oxygen atoms in total. The fourth-order valence-corrected chi connectivity index (χ4v) is 4.44. The summed E-state index contributed by atoms with van der Waals surface area (Å²) < 4.78 is 42.0. The molecule has 0 aliphatic rings. The van der Waals surface area contributed by atoms with Crippen LogP contribution in [0.4, 0.5) is 10.1 Å². The predicted octanol–water partition coefficient (Wildman–Crippen LogP) is 4.48. The van der Waals surface area contributed by atoms with E-state index in [1.54, 1.807) is 26.8 Å². The normalized spacial score (nSPS) is 11.6. The van der Waals surface area contributed by atoms with Crippen LogP contribution in [0.3, 0.4) is 0 Å². The van der Waals surface area contributed by atoms with Gasteiger partial charge in [-0.05, 0) is 87.1 Å². The minimum Gasteiger partial charge on any atom is -0.277 e. The molecule has 0 saturated heterocycles. The van der Waals surface area contributed by atoms with E-state index in [-0.39, 0.29) is 10.6 Å². The summed E-state index contributed by atoms with van der Waals surface area (Å²) in [4.78, 5) is 0.235. The van der Waals surface area contributed by atoms with Gasteiger partial charge in [0.15, 0.2) is 0 Å². The number of halogens is 1. The van der Waals surface area contributed by atoms with Gasteiger partial charge in [0.05, 0.1) is 10.6 Å². The molecule has 0 fully saturated rings. The Morgan fingerprint density at radius 3 is 1.83 bits per heavy atom. The Balaban J connectivity index is 2.64. The molecule has 5 heteroatoms. The van der Waals surface area contributed by atoms with Crippen LogP contribution in [0.5, 0.6) is 0 Å². The van der Waals surface area contributed by atoms with E-state index in [9.17, 15) is 12.8 Å². The molecule has 0 heterocycles. The molecular formula is C18H22FNO2S. The van der Waals surface area contributed by atoms with Gasteiger partial charge in [-0.3, -0.25) is 4.72 Å². The number of nitrogens with one attached hydrogen (secondary N) is 1. The summed E-state index contributed by atoms with van der Waals surface area (Å²) in [7, 11) is -3.87. The van der Waals surface area contributed by atoms with Crippen molar-refractivity contribution in [2.24, 2.45) is 0 Å². The molecule has 2 aromatic carbocycles. The van der Waals surface area contributed by atoms with Gasteiger partial charge >= 0.3 is 0 Å². The molecule has 0 spiro atoms. The van der Waals surface area contributed by atoms with Crippen molar-refractivity contribution in [1.29, 1.82) is 0 Å². The average molecular weight is 335 g/mol. The van der Waals surface area contributed by atoms with Gasteiger partial charge in [-0.2, -0.15) is 0 Å². The molecule has 0 radical (unpaired) electrons. The van der Waals surface area contributed by atoms with Crippen LogP contribution in [-0.2, 0) is 10.0 Å². The number of anilines is 1. The Morgan fingerprint density at radius 2 is 1.30 bits per heavy atom. The number of rotatable bonds is 3. The third-order valence-electron chi connectivity index (χ3n) is 4.57. The molecule has 0 bridgehead atoms. The highest BCUT2D eigenvalue weighted by Crippen LogP contribution is 2.31. The van der Waals surface area contributed by atoms with E-state index >= 15 is 0 Å². The Morgan fingerprint density at radius 1 is 0.826 bits per heavy atom. The van der Waals surface area contributed by atoms with E-state index < -0.39 is 15.8 Å². The second kappa shape index (κ2) is 5.96. The number of hydrogen-bond donors (Lipinski definition) is 1. The van der Waals surface area contributed by atoms with Crippen LogP contribution < -0.4 is 4.72 Å². The number of benzene rings is 2. The van der Waals surface area contributed by atoms with Gasteiger partial charge in [0.1, 0.15) is 5.82 Å². The van der Waals surface area contributed by atoms with Crippen LogP contribution in [0.25, 0.3) is 0 Å². The van der Waals surface area contributed by atoms with Gasteiger partial charge in [-0.25, -0.2) is 12.8 Å². The minimum atomic E-state index is -3.87. The molecule has 2 rings (SSSR count). The van der Waals surface area contributed by atoms with Crippen LogP contribution in [0.1, 0.15) is 33.4 Å². The monoisotopic (exact) mass is 335 g/mol. The molecule has 0 amide bonds. The third kappa shape index (κ3) is 3.11. The first kappa shape index (κ1) is 17.5. The second-order valence-electron chi connectivity index (χ2n) is 6.04. The third-order valence-corrected chi connectivity index (χ3v) is 6.20. The van der Waals surface area contributed by atoms with Crippen LogP contribution in [0.2, 0.25) is 0 Å². The first-order chi connectivity index (χ1) is 10.6. The quantitative estimate of drug-likeness (QED) is 0.899. The lowest BCUT2D eigenvalue weighted by Crippen LogP contribution is -2.18. The lowest BCUT2D eigenvalue weighted by Gasteiger charge is -2.19. The first-order valence-electron chi connectivity index (χ1n) is 7.42. The van der Waals surface area contributed by atoms with Crippen molar-refractivity contribution in [3.8, 4) is 0 Å². The Kier molecular flexibility index (Phi) is 4.53. The topological polar surface area (TPSA) is 46.2 Å². The average Bonchev–Trinajstić information content (AvgIpc) is 2.46. The van der Waals surface area contributed by atoms with Crippen LogP contribution >= 0.6 is 0 Å². The summed E-state index contributed by atoms with van der Waals surface area (Å²) in [6.45, 7) is 11.2. The van der Waals surface area contributed by atoms with Crippen molar-refractivity contribution in [1.82, 2.24) is 0 Å². The first-order valence-corrected chi connectivity index (χ1v) is 8.90. The Bertz CT molecular complexity index is 857. The fourth-order valence-electron chi connectivity index (χ4n) is 2.78. The standard InChI is InChI=1S/C18H22FNO2S/c1-10-7-8-16(19)17(9-10)20-23(21,22)18-14(5)12(3)11(2)13(4)15(18)6/h7-9,20H,1-6H3. The van der Waals surface area contributed by atoms with E-state index in [1.807, 2.05) is 20.8 Å². The zero-order valence-electron chi connectivity index (χ0n) is 14.3. The minimum absolute atomic E-state index is 0.0281. The van der Waals surface area contributed by atoms with Crippen molar-refractivity contribution < 1.29 is 12.8 Å². The number of aryl methyl sites for hydroxylation is 1. The highest BCUT2D eigenvalue weighted by molar-refractivity contribution is 7.92. The van der Waals surface area contributed by atoms with Gasteiger partial charge in [0.25, 0.3) is 10.0 Å². The molecule has 2 aromatic rings. The lowest BCUT2D eigenvalue weighted by atomic mass is 9.95. The summed E-state index contributed by atoms with van der Waals surface area (Å²) in [5.41, 5.74) is 5.13. The second-order valence-corrected chi connectivity index (χ2v) is 7.66. The summed E-state index contributed by atoms with van der Waals surface area (Å²) in [6, 6.07) is 4.35. The highest BCUT2D eigenvalue weighted by Gasteiger charge is 2.24. The molecule has 0 aliphatic heterocycles. The van der Waals surface area contributed by atoms with Crippen molar-refractivity contribution in [2.45, 2.75) is 46.4 Å². The van der Waals surface area contributed by atoms with Crippen molar-refractivity contribution in [3.05, 3.63) is 57.4 Å². The molecule has 0 atom stereocenters. The molecule has 0 saturated carbocycles. The van der Waals surface area contributed by atoms with E-state index in [1.165, 1.54) is 12.1 Å². The Hall–Kier alpha value is -1.88. The predicted molar refractivity (Wildman–Crippen MR) is 92.1 cm³/mol. The molecule has 0 aliphatic carbocycles. The summed E-state index contributed by atoms with van der Waals surface area (Å²) in [5.74, 6) is -0.588. The van der Waals surface area contributed by atoms with E-state index in [0.29, 0.717) is 11.1 Å². The SMILES string of the molecule is Cc1ccc(F)c(NS(=O)(=O)c2c(C)c(C)c(C)c(C)c2C)c1. The lowest BCUT2D eigenvalue weighted by molar-refractivity contribution is 0.597. The van der Waals surface area contributed by atoms with Gasteiger partial charge in [-0.1, -0.05) is 6.07 Å². The van der Waals surface area contributed by atoms with Crippen molar-refractivity contribution in [2.75, 3.05) is 4.72 Å². The summed E-state index contributed by atoms with van der Waals surface area (Å²) in [5, 5.41) is 0. The zero-order valence-corrected chi connectivity index (χ0v) is 15.2. The maximum atomic E-state index is 13.9. The summed E-state index contributed by atoms with van der Waals surface area (Å²) in [6.07, 6.45) is 0. The molecule has 23 heavy (non-hydrogen) atoms. The van der Waals surface area contributed by atoms with E-state index in [0.717, 1.165) is 22.3 Å². The largest absolute Gasteiger partial charge is 0.277 e. The highest BCUT2D eigenvalue weighted by atomic mass is 32.2. The molecular weight excluding hydrogens is 313 g/mol. The molecule has 1 N–H and O–H groups in total. The van der Waals surface area contributed by atoms with E-state index in [4.69, 9.17) is 0 Å². The van der Waals surface area contributed by atoms with Gasteiger partial charge in [0, 0.05) is 0 Å². The van der Waals surface area contributed by atoms with Gasteiger partial charge in [-0.15, -0.1) is 0 Å². The zero-order chi connectivity index (χ0) is 17.5. The van der Waals surface area contributed by atoms with Crippen LogP contribution in [0.15, 0.2) is 23.1 Å². The Labute approximate surface area is 137 Å². The van der Waals surface area contributed by atoms with Crippen LogP contribution in [0, 0.1) is 47.4 Å². The molecule has 0 aromatic heterocycles. The van der Waals surface area contributed by atoms with Crippen molar-refractivity contribution >= 4 is 15.7 Å².